The van der Waals surface area contributed by atoms with Gasteiger partial charge in [0.2, 0.25) is 17.6 Å². The van der Waals surface area contributed by atoms with Crippen LogP contribution >= 0.6 is 11.8 Å². The molecule has 178 valence electrons. The Morgan fingerprint density at radius 3 is 2.54 bits per heavy atom. The maximum absolute atomic E-state index is 13.4. The molecule has 5 aromatic rings. The van der Waals surface area contributed by atoms with Gasteiger partial charge in [-0.3, -0.25) is 19.3 Å². The highest BCUT2D eigenvalue weighted by atomic mass is 32.2. The highest BCUT2D eigenvalue weighted by Crippen LogP contribution is 2.24. The van der Waals surface area contributed by atoms with E-state index in [1.807, 2.05) is 56.3 Å². The molecule has 1 N–H and O–H groups in total. The standard InChI is InChI=1S/C24H23N7O3S/c1-4-15-9-11-16(12-10-15)30-21(33)17-7-5-6-8-18(17)31-23(30)28-29-24(31)35-13-19(32)25-22-27-26-20(34-22)14(2)3/h5-12,14H,4,13H2,1-3H3,(H,25,27,32). The summed E-state index contributed by atoms with van der Waals surface area (Å²) in [7, 11) is 0. The first kappa shape index (κ1) is 22.8. The van der Waals surface area contributed by atoms with Gasteiger partial charge in [0.1, 0.15) is 0 Å². The first-order valence-electron chi connectivity index (χ1n) is 11.2. The van der Waals surface area contributed by atoms with Crippen molar-refractivity contribution < 1.29 is 9.21 Å². The van der Waals surface area contributed by atoms with Gasteiger partial charge in [-0.25, -0.2) is 4.57 Å². The second-order valence-electron chi connectivity index (χ2n) is 8.23. The van der Waals surface area contributed by atoms with Crippen molar-refractivity contribution >= 4 is 40.4 Å². The maximum atomic E-state index is 13.4. The van der Waals surface area contributed by atoms with E-state index in [2.05, 4.69) is 32.6 Å². The molecule has 0 fully saturated rings. The van der Waals surface area contributed by atoms with E-state index in [0.717, 1.165) is 6.42 Å². The van der Waals surface area contributed by atoms with Gasteiger partial charge in [-0.1, -0.05) is 61.9 Å². The third-order valence-corrected chi connectivity index (χ3v) is 6.44. The number of amides is 1. The van der Waals surface area contributed by atoms with Crippen molar-refractivity contribution in [3.63, 3.8) is 0 Å². The molecule has 35 heavy (non-hydrogen) atoms. The van der Waals surface area contributed by atoms with Crippen molar-refractivity contribution in [3.05, 3.63) is 70.3 Å². The summed E-state index contributed by atoms with van der Waals surface area (Å²) in [5, 5.41) is 20.0. The lowest BCUT2D eigenvalue weighted by atomic mass is 10.1. The minimum absolute atomic E-state index is 0.0405. The van der Waals surface area contributed by atoms with Gasteiger partial charge in [-0.2, -0.15) is 0 Å². The summed E-state index contributed by atoms with van der Waals surface area (Å²) in [5.41, 5.74) is 2.35. The Kier molecular flexibility index (Phi) is 6.08. The molecule has 0 bridgehead atoms. The number of aromatic nitrogens is 6. The van der Waals surface area contributed by atoms with Crippen molar-refractivity contribution in [2.24, 2.45) is 0 Å². The van der Waals surface area contributed by atoms with Crippen LogP contribution in [-0.2, 0) is 11.2 Å². The lowest BCUT2D eigenvalue weighted by Gasteiger charge is -2.11. The number of nitrogens with one attached hydrogen (secondary N) is 1. The van der Waals surface area contributed by atoms with Gasteiger partial charge in [0.05, 0.1) is 22.3 Å². The number of fused-ring (bicyclic) bond motifs is 3. The van der Waals surface area contributed by atoms with E-state index < -0.39 is 0 Å². The van der Waals surface area contributed by atoms with Gasteiger partial charge in [0.15, 0.2) is 5.16 Å². The molecule has 0 radical (unpaired) electrons. The summed E-state index contributed by atoms with van der Waals surface area (Å²) in [6.07, 6.45) is 0.901. The molecular weight excluding hydrogens is 466 g/mol. The average molecular weight is 490 g/mol. The molecule has 11 heteroatoms. The zero-order chi connectivity index (χ0) is 24.5. The molecule has 2 aromatic carbocycles. The molecule has 0 unspecified atom stereocenters. The highest BCUT2D eigenvalue weighted by molar-refractivity contribution is 7.99. The topological polar surface area (TPSA) is 120 Å². The molecule has 0 aliphatic rings. The Labute approximate surface area is 204 Å². The Hall–Kier alpha value is -3.99. The number of thioether (sulfide) groups is 1. The van der Waals surface area contributed by atoms with Crippen LogP contribution < -0.4 is 10.9 Å². The summed E-state index contributed by atoms with van der Waals surface area (Å²) in [4.78, 5) is 25.9. The largest absolute Gasteiger partial charge is 0.408 e. The fourth-order valence-corrected chi connectivity index (χ4v) is 4.43. The van der Waals surface area contributed by atoms with Crippen LogP contribution in [0.3, 0.4) is 0 Å². The third-order valence-electron chi connectivity index (χ3n) is 5.51. The van der Waals surface area contributed by atoms with Crippen LogP contribution in [0.15, 0.2) is 62.9 Å². The van der Waals surface area contributed by atoms with Crippen LogP contribution in [0.2, 0.25) is 0 Å². The Morgan fingerprint density at radius 2 is 1.83 bits per heavy atom. The molecule has 0 saturated heterocycles. The average Bonchev–Trinajstić information content (AvgIpc) is 3.51. The second-order valence-corrected chi connectivity index (χ2v) is 9.18. The quantitative estimate of drug-likeness (QED) is 0.343. The Morgan fingerprint density at radius 1 is 1.06 bits per heavy atom. The first-order valence-corrected chi connectivity index (χ1v) is 12.2. The molecule has 3 heterocycles. The molecule has 0 aliphatic heterocycles. The van der Waals surface area contributed by atoms with E-state index in [1.54, 1.807) is 15.0 Å². The number of aryl methyl sites for hydroxylation is 1. The molecule has 10 nitrogen and oxygen atoms in total. The molecule has 3 aromatic heterocycles. The Bertz CT molecular complexity index is 1580. The van der Waals surface area contributed by atoms with Crippen LogP contribution in [0.4, 0.5) is 6.01 Å². The van der Waals surface area contributed by atoms with Crippen LogP contribution in [-0.4, -0.2) is 41.0 Å². The summed E-state index contributed by atoms with van der Waals surface area (Å²) in [6.45, 7) is 5.93. The number of rotatable bonds is 7. The zero-order valence-corrected chi connectivity index (χ0v) is 20.2. The summed E-state index contributed by atoms with van der Waals surface area (Å²) < 4.78 is 8.78. The number of hydrogen-bond donors (Lipinski definition) is 1. The predicted octanol–water partition coefficient (Wildman–Crippen LogP) is 3.83. The van der Waals surface area contributed by atoms with Crippen LogP contribution in [0, 0.1) is 0 Å². The van der Waals surface area contributed by atoms with Gasteiger partial charge >= 0.3 is 6.01 Å². The van der Waals surface area contributed by atoms with E-state index in [-0.39, 0.29) is 29.2 Å². The van der Waals surface area contributed by atoms with Crippen molar-refractivity contribution in [3.8, 4) is 5.69 Å². The van der Waals surface area contributed by atoms with Gasteiger partial charge in [0, 0.05) is 5.92 Å². The number of benzene rings is 2. The predicted molar refractivity (Wildman–Crippen MR) is 133 cm³/mol. The van der Waals surface area contributed by atoms with Crippen molar-refractivity contribution in [2.45, 2.75) is 38.3 Å². The third kappa shape index (κ3) is 4.30. The number of hydrogen-bond acceptors (Lipinski definition) is 8. The van der Waals surface area contributed by atoms with Gasteiger partial charge in [0.25, 0.3) is 5.56 Å². The monoisotopic (exact) mass is 489 g/mol. The van der Waals surface area contributed by atoms with E-state index in [4.69, 9.17) is 4.42 Å². The Balaban J connectivity index is 1.50. The minimum Gasteiger partial charge on any atom is -0.408 e. The normalized spacial score (nSPS) is 11.5. The molecule has 0 spiro atoms. The smallest absolute Gasteiger partial charge is 0.322 e. The van der Waals surface area contributed by atoms with E-state index in [9.17, 15) is 9.59 Å². The van der Waals surface area contributed by atoms with E-state index >= 15 is 0 Å². The van der Waals surface area contributed by atoms with E-state index in [1.165, 1.54) is 17.3 Å². The fourth-order valence-electron chi connectivity index (χ4n) is 3.69. The molecule has 0 atom stereocenters. The minimum atomic E-state index is -0.321. The van der Waals surface area contributed by atoms with Crippen LogP contribution in [0.1, 0.15) is 38.1 Å². The van der Waals surface area contributed by atoms with Crippen molar-refractivity contribution in [2.75, 3.05) is 11.1 Å². The zero-order valence-electron chi connectivity index (χ0n) is 19.4. The van der Waals surface area contributed by atoms with Gasteiger partial charge < -0.3 is 4.42 Å². The lowest BCUT2D eigenvalue weighted by Crippen LogP contribution is -2.22. The number of para-hydroxylation sites is 1. The fraction of sp³-hybridized carbons (Fsp3) is 0.250. The number of anilines is 1. The van der Waals surface area contributed by atoms with Crippen LogP contribution in [0.5, 0.6) is 0 Å². The first-order chi connectivity index (χ1) is 17.0. The summed E-state index contributed by atoms with van der Waals surface area (Å²) in [5.74, 6) is 0.610. The molecule has 0 saturated carbocycles. The molecule has 1 amide bonds. The van der Waals surface area contributed by atoms with Gasteiger partial charge in [-0.05, 0) is 36.2 Å². The maximum Gasteiger partial charge on any atom is 0.322 e. The second kappa shape index (κ2) is 9.34. The summed E-state index contributed by atoms with van der Waals surface area (Å²) in [6, 6.07) is 15.1. The molecule has 5 rings (SSSR count). The SMILES string of the molecule is CCc1ccc(-n2c(=O)c3ccccc3n3c(SCC(=O)Nc4nnc(C(C)C)o4)nnc23)cc1. The summed E-state index contributed by atoms with van der Waals surface area (Å²) >= 11 is 1.20. The van der Waals surface area contributed by atoms with Crippen LogP contribution in [0.25, 0.3) is 22.4 Å². The number of carbonyl (C=O) groups excluding carboxylic acids is 1. The number of nitrogens with zero attached hydrogens (tertiary/aromatic N) is 6. The molecular formula is C24H23N7O3S. The molecule has 0 aliphatic carbocycles. The van der Waals surface area contributed by atoms with Gasteiger partial charge in [-0.15, -0.1) is 15.3 Å². The highest BCUT2D eigenvalue weighted by Gasteiger charge is 2.19. The lowest BCUT2D eigenvalue weighted by molar-refractivity contribution is -0.113. The van der Waals surface area contributed by atoms with Crippen molar-refractivity contribution in [1.29, 1.82) is 0 Å². The van der Waals surface area contributed by atoms with Crippen molar-refractivity contribution in [1.82, 2.24) is 29.4 Å². The number of carbonyl (C=O) groups is 1. The van der Waals surface area contributed by atoms with E-state index in [0.29, 0.717) is 33.4 Å².